The van der Waals surface area contributed by atoms with E-state index in [0.717, 1.165) is 36.0 Å². The van der Waals surface area contributed by atoms with Crippen LogP contribution in [0.2, 0.25) is 5.02 Å². The van der Waals surface area contributed by atoms with E-state index in [0.29, 0.717) is 23.8 Å². The Morgan fingerprint density at radius 1 is 0.936 bits per heavy atom. The molecule has 14 heteroatoms. The van der Waals surface area contributed by atoms with Gasteiger partial charge in [0.15, 0.2) is 0 Å². The number of nitrogens with one attached hydrogen (secondary N) is 4. The molecule has 2 aliphatic rings. The van der Waals surface area contributed by atoms with Gasteiger partial charge < -0.3 is 36.2 Å². The Balaban J connectivity index is 1.48. The van der Waals surface area contributed by atoms with Gasteiger partial charge in [0.2, 0.25) is 29.5 Å². The van der Waals surface area contributed by atoms with Crippen molar-refractivity contribution in [2.75, 3.05) is 31.5 Å². The molecule has 2 aromatic carbocycles. The summed E-state index contributed by atoms with van der Waals surface area (Å²) in [5.41, 5.74) is 2.99. The standard InChI is InChI=1S/C33H41ClN6O7/c1-21-17-24(9-10-25(21)34)37-31(44)26(13-14-35-28(41)19-36-33(46)47)38-32(45)27-18-22-7-3-4-8-23(22)20-40(27)30(43)12-11-29(42)39-15-5-2-6-16-39/h3-4,7-10,17,26-27,36H,2,5-6,11-16,18-20H2,1H3,(H,35,41)(H,37,44)(H,38,45)(H,46,47)/t26?,27-/m0/s1. The molecule has 0 spiro atoms. The van der Waals surface area contributed by atoms with E-state index in [2.05, 4.69) is 16.0 Å². The van der Waals surface area contributed by atoms with Crippen LogP contribution in [0.25, 0.3) is 0 Å². The number of anilines is 1. The topological polar surface area (TPSA) is 177 Å². The Hall–Kier alpha value is -4.65. The lowest BCUT2D eigenvalue weighted by atomic mass is 9.92. The molecule has 0 bridgehead atoms. The minimum atomic E-state index is -1.35. The molecule has 13 nitrogen and oxygen atoms in total. The molecule has 47 heavy (non-hydrogen) atoms. The number of carbonyl (C=O) groups is 6. The van der Waals surface area contributed by atoms with Gasteiger partial charge in [-0.1, -0.05) is 35.9 Å². The summed E-state index contributed by atoms with van der Waals surface area (Å²) in [5, 5.41) is 19.3. The maximum absolute atomic E-state index is 13.9. The van der Waals surface area contributed by atoms with Crippen LogP contribution in [0.3, 0.4) is 0 Å². The van der Waals surface area contributed by atoms with Gasteiger partial charge in [0, 0.05) is 56.2 Å². The number of fused-ring (bicyclic) bond motifs is 1. The first-order valence-electron chi connectivity index (χ1n) is 15.8. The maximum atomic E-state index is 13.9. The van der Waals surface area contributed by atoms with Gasteiger partial charge in [0.25, 0.3) is 0 Å². The van der Waals surface area contributed by atoms with Crippen LogP contribution in [0.5, 0.6) is 0 Å². The van der Waals surface area contributed by atoms with E-state index < -0.39 is 42.4 Å². The molecular formula is C33H41ClN6O7. The second-order valence-corrected chi connectivity index (χ2v) is 12.2. The van der Waals surface area contributed by atoms with Crippen LogP contribution in [0, 0.1) is 6.92 Å². The van der Waals surface area contributed by atoms with Gasteiger partial charge in [0.1, 0.15) is 12.1 Å². The van der Waals surface area contributed by atoms with Crippen molar-refractivity contribution in [2.45, 2.75) is 70.5 Å². The summed E-state index contributed by atoms with van der Waals surface area (Å²) < 4.78 is 0. The van der Waals surface area contributed by atoms with Crippen molar-refractivity contribution in [1.29, 1.82) is 0 Å². The smallest absolute Gasteiger partial charge is 0.405 e. The third-order valence-corrected chi connectivity index (χ3v) is 8.77. The third-order valence-electron chi connectivity index (χ3n) is 8.35. The zero-order chi connectivity index (χ0) is 33.9. The van der Waals surface area contributed by atoms with Gasteiger partial charge >= 0.3 is 6.09 Å². The van der Waals surface area contributed by atoms with Gasteiger partial charge in [-0.05, 0) is 67.5 Å². The number of rotatable bonds is 12. The zero-order valence-corrected chi connectivity index (χ0v) is 27.1. The number of carbonyl (C=O) groups excluding carboxylic acids is 5. The fraction of sp³-hybridized carbons (Fsp3) is 0.455. The molecule has 1 saturated heterocycles. The van der Waals surface area contributed by atoms with Crippen molar-refractivity contribution in [3.8, 4) is 0 Å². The number of halogens is 1. The number of hydrogen-bond donors (Lipinski definition) is 5. The summed E-state index contributed by atoms with van der Waals surface area (Å²) in [6.07, 6.45) is 1.82. The maximum Gasteiger partial charge on any atom is 0.405 e. The van der Waals surface area contributed by atoms with Crippen LogP contribution in [-0.4, -0.2) is 88.8 Å². The Morgan fingerprint density at radius 2 is 1.64 bits per heavy atom. The summed E-state index contributed by atoms with van der Waals surface area (Å²) in [4.78, 5) is 79.8. The number of amides is 6. The van der Waals surface area contributed by atoms with Crippen molar-refractivity contribution >= 4 is 52.9 Å². The average molecular weight is 669 g/mol. The van der Waals surface area contributed by atoms with E-state index in [-0.39, 0.29) is 50.6 Å². The Labute approximate surface area is 278 Å². The summed E-state index contributed by atoms with van der Waals surface area (Å²) in [6.45, 7) is 2.81. The van der Waals surface area contributed by atoms with E-state index in [4.69, 9.17) is 16.7 Å². The van der Waals surface area contributed by atoms with Crippen LogP contribution >= 0.6 is 11.6 Å². The molecule has 2 aliphatic heterocycles. The monoisotopic (exact) mass is 668 g/mol. The molecule has 2 atom stereocenters. The lowest BCUT2D eigenvalue weighted by molar-refractivity contribution is -0.144. The van der Waals surface area contributed by atoms with Crippen LogP contribution in [-0.2, 0) is 36.9 Å². The molecule has 4 rings (SSSR count). The molecule has 0 aromatic heterocycles. The average Bonchev–Trinajstić information content (AvgIpc) is 3.06. The number of hydrogen-bond acceptors (Lipinski definition) is 6. The molecule has 2 aromatic rings. The van der Waals surface area contributed by atoms with Crippen molar-refractivity contribution in [1.82, 2.24) is 25.8 Å². The summed E-state index contributed by atoms with van der Waals surface area (Å²) in [7, 11) is 0. The summed E-state index contributed by atoms with van der Waals surface area (Å²) in [6, 6.07) is 10.4. The minimum Gasteiger partial charge on any atom is -0.465 e. The third kappa shape index (κ3) is 10.2. The Morgan fingerprint density at radius 3 is 2.34 bits per heavy atom. The first kappa shape index (κ1) is 35.2. The number of carboxylic acid groups (broad SMARTS) is 1. The molecule has 0 saturated carbocycles. The number of aryl methyl sites for hydroxylation is 1. The van der Waals surface area contributed by atoms with Gasteiger partial charge in [0.05, 0.1) is 6.54 Å². The minimum absolute atomic E-state index is 0.0233. The summed E-state index contributed by atoms with van der Waals surface area (Å²) in [5.74, 6) is -2.13. The number of benzene rings is 2. The highest BCUT2D eigenvalue weighted by atomic mass is 35.5. The predicted molar refractivity (Wildman–Crippen MR) is 175 cm³/mol. The molecule has 6 amide bonds. The number of likely N-dealkylation sites (tertiary alicyclic amines) is 1. The van der Waals surface area contributed by atoms with Crippen molar-refractivity contribution in [2.24, 2.45) is 0 Å². The second kappa shape index (κ2) is 16.8. The second-order valence-electron chi connectivity index (χ2n) is 11.8. The van der Waals surface area contributed by atoms with Gasteiger partial charge in [-0.15, -0.1) is 0 Å². The normalized spacial score (nSPS) is 16.3. The first-order chi connectivity index (χ1) is 22.5. The number of nitrogens with zero attached hydrogens (tertiary/aromatic N) is 2. The highest BCUT2D eigenvalue weighted by molar-refractivity contribution is 6.31. The predicted octanol–water partition coefficient (Wildman–Crippen LogP) is 2.59. The molecule has 252 valence electrons. The van der Waals surface area contributed by atoms with E-state index >= 15 is 0 Å². The van der Waals surface area contributed by atoms with Crippen molar-refractivity contribution in [3.63, 3.8) is 0 Å². The molecule has 5 N–H and O–H groups in total. The Kier molecular flexibility index (Phi) is 12.6. The zero-order valence-electron chi connectivity index (χ0n) is 26.4. The lowest BCUT2D eigenvalue weighted by Gasteiger charge is -2.37. The van der Waals surface area contributed by atoms with Gasteiger partial charge in [-0.25, -0.2) is 4.79 Å². The van der Waals surface area contributed by atoms with Crippen LogP contribution in [0.4, 0.5) is 10.5 Å². The van der Waals surface area contributed by atoms with Crippen LogP contribution in [0.15, 0.2) is 42.5 Å². The quantitative estimate of drug-likeness (QED) is 0.231. The Bertz CT molecular complexity index is 1500. The molecular weight excluding hydrogens is 628 g/mol. The van der Waals surface area contributed by atoms with Crippen molar-refractivity contribution in [3.05, 3.63) is 64.2 Å². The van der Waals surface area contributed by atoms with E-state index in [1.165, 1.54) is 4.90 Å². The largest absolute Gasteiger partial charge is 0.465 e. The van der Waals surface area contributed by atoms with Crippen LogP contribution in [0.1, 0.15) is 55.2 Å². The molecule has 1 unspecified atom stereocenters. The van der Waals surface area contributed by atoms with Crippen molar-refractivity contribution < 1.29 is 33.9 Å². The van der Waals surface area contributed by atoms with E-state index in [9.17, 15) is 28.8 Å². The number of piperidine rings is 1. The molecule has 0 aliphatic carbocycles. The molecule has 0 radical (unpaired) electrons. The van der Waals surface area contributed by atoms with Gasteiger partial charge in [-0.2, -0.15) is 0 Å². The highest BCUT2D eigenvalue weighted by Crippen LogP contribution is 2.25. The highest BCUT2D eigenvalue weighted by Gasteiger charge is 2.36. The van der Waals surface area contributed by atoms with E-state index in [1.54, 1.807) is 30.0 Å². The lowest BCUT2D eigenvalue weighted by Crippen LogP contribution is -2.56. The SMILES string of the molecule is Cc1cc(NC(=O)C(CCNC(=O)CNC(=O)O)NC(=O)[C@@H]2Cc3ccccc3CN2C(=O)CCC(=O)N2CCCCC2)ccc1Cl. The summed E-state index contributed by atoms with van der Waals surface area (Å²) >= 11 is 6.13. The van der Waals surface area contributed by atoms with E-state index in [1.807, 2.05) is 29.6 Å². The van der Waals surface area contributed by atoms with Gasteiger partial charge in [-0.3, -0.25) is 24.0 Å². The molecule has 2 heterocycles. The first-order valence-corrected chi connectivity index (χ1v) is 16.1. The molecule has 1 fully saturated rings. The van der Waals surface area contributed by atoms with Crippen LogP contribution < -0.4 is 21.3 Å². The fourth-order valence-corrected chi connectivity index (χ4v) is 5.86. The fourth-order valence-electron chi connectivity index (χ4n) is 5.74.